The Kier molecular flexibility index (Phi) is 0.340. The first-order valence-corrected chi connectivity index (χ1v) is 2.17. The molecule has 0 aliphatic rings. The Labute approximate surface area is 55.3 Å². The Morgan fingerprint density at radius 1 is 1.43 bits per heavy atom. The van der Waals surface area contributed by atoms with Crippen LogP contribution in [0.15, 0.2) is 30.2 Å². The van der Waals surface area contributed by atoms with Crippen molar-refractivity contribution >= 4 is 14.4 Å². The van der Waals surface area contributed by atoms with Crippen LogP contribution < -0.4 is 5.30 Å². The summed E-state index contributed by atoms with van der Waals surface area (Å²) in [7, 11) is -2.18. The molecule has 0 aliphatic heterocycles. The Bertz CT molecular complexity index is 346. The van der Waals surface area contributed by atoms with Gasteiger partial charge in [0, 0.05) is 0 Å². The van der Waals surface area contributed by atoms with E-state index in [1.54, 1.807) is 0 Å². The van der Waals surface area contributed by atoms with Crippen molar-refractivity contribution in [3.8, 4) is 0 Å². The fourth-order valence-corrected chi connectivity index (χ4v) is 0.355. The van der Waals surface area contributed by atoms with Crippen LogP contribution in [0.5, 0.6) is 0 Å². The molecule has 1 aromatic rings. The van der Waals surface area contributed by atoms with Gasteiger partial charge in [-0.05, 0) is 5.30 Å². The molecule has 0 bridgehead atoms. The van der Waals surface area contributed by atoms with Crippen molar-refractivity contribution < 1.29 is 6.85 Å². The molecule has 7 heavy (non-hydrogen) atoms. The molecule has 0 N–H and O–H groups in total. The summed E-state index contributed by atoms with van der Waals surface area (Å²) in [6.45, 7) is 0. The monoisotopic (exact) mass is 117 g/mol. The van der Waals surface area contributed by atoms with E-state index in [2.05, 4.69) is 0 Å². The maximum absolute atomic E-state index is 7.37. The third-order valence-electron chi connectivity index (χ3n) is 0.487. The molecule has 0 heterocycles. The largest absolute Gasteiger partial charge is 0.106 e. The summed E-state index contributed by atoms with van der Waals surface area (Å²) in [4.78, 5) is 0. The van der Waals surface area contributed by atoms with E-state index in [1.165, 1.54) is 0 Å². The van der Waals surface area contributed by atoms with E-state index in [0.29, 0.717) is 0 Å². The lowest BCUT2D eigenvalue weighted by Crippen LogP contribution is -1.82. The third-order valence-corrected chi connectivity index (χ3v) is 0.710. The second-order valence-electron chi connectivity index (χ2n) is 0.974. The summed E-state index contributed by atoms with van der Waals surface area (Å²) in [6, 6.07) is -2.32. The molecule has 0 nitrogen and oxygen atoms in total. The maximum atomic E-state index is 7.37. The van der Waals surface area contributed by atoms with E-state index in [9.17, 15) is 0 Å². The number of rotatable bonds is 1. The molecule has 1 heteroatoms. The molecular formula is C6H7P. The second kappa shape index (κ2) is 2.09. The van der Waals surface area contributed by atoms with Gasteiger partial charge >= 0.3 is 0 Å². The topological polar surface area (TPSA) is 0 Å². The van der Waals surface area contributed by atoms with Crippen LogP contribution in [0.3, 0.4) is 0 Å². The first-order chi connectivity index (χ1) is 6.37. The average Bonchev–Trinajstić information content (AvgIpc) is 2.11. The van der Waals surface area contributed by atoms with Gasteiger partial charge in [0.1, 0.15) is 0 Å². The molecule has 0 radical (unpaired) electrons. The Morgan fingerprint density at radius 3 is 2.71 bits per heavy atom. The molecule has 1 rings (SSSR count). The lowest BCUT2D eigenvalue weighted by atomic mass is 10.4. The molecule has 0 saturated carbocycles. The van der Waals surface area contributed by atoms with Crippen LogP contribution in [0.4, 0.5) is 0 Å². The SMILES string of the molecule is [2H]c1c([2H])c([2H])c(P([2H])[2H])c([2H])c1[2H]. The fraction of sp³-hybridized carbons (Fsp3) is 0. The highest BCUT2D eigenvalue weighted by molar-refractivity contribution is 7.27. The molecule has 1 aromatic carbocycles. The van der Waals surface area contributed by atoms with E-state index in [-0.39, 0.29) is 5.30 Å². The van der Waals surface area contributed by atoms with Gasteiger partial charge in [0.15, 0.2) is 0 Å². The minimum Gasteiger partial charge on any atom is -0.106 e. The van der Waals surface area contributed by atoms with Gasteiger partial charge in [-0.1, -0.05) is 30.2 Å². The van der Waals surface area contributed by atoms with E-state index in [0.717, 1.165) is 0 Å². The van der Waals surface area contributed by atoms with Crippen molar-refractivity contribution in [2.24, 2.45) is 0 Å². The van der Waals surface area contributed by atoms with E-state index >= 15 is 0 Å². The van der Waals surface area contributed by atoms with Crippen LogP contribution in [0.1, 0.15) is 6.85 Å². The summed E-state index contributed by atoms with van der Waals surface area (Å²) >= 11 is 0. The second-order valence-corrected chi connectivity index (χ2v) is 1.42. The Balaban J connectivity index is 3.60. The number of hydrogen-bond donors (Lipinski definition) is 0. The number of hydrogen-bond acceptors (Lipinski definition) is 0. The van der Waals surface area contributed by atoms with E-state index in [1.807, 2.05) is 0 Å². The maximum Gasteiger partial charge on any atom is 0.0629 e. The molecule has 0 aliphatic carbocycles. The van der Waals surface area contributed by atoms with Gasteiger partial charge in [-0.25, -0.2) is 0 Å². The summed E-state index contributed by atoms with van der Waals surface area (Å²) in [5.41, 5.74) is 0. The first kappa shape index (κ1) is 1.14. The van der Waals surface area contributed by atoms with Gasteiger partial charge in [0.05, 0.1) is 9.41 Å². The van der Waals surface area contributed by atoms with Gasteiger partial charge in [0.25, 0.3) is 0 Å². The molecule has 0 atom stereocenters. The zero-order valence-electron chi connectivity index (χ0n) is 10.4. The van der Waals surface area contributed by atoms with Crippen LogP contribution in [0.2, 0.25) is 0 Å². The predicted molar refractivity (Wildman–Crippen MR) is 35.8 cm³/mol. The van der Waals surface area contributed by atoms with Gasteiger partial charge in [0.2, 0.25) is 0 Å². The smallest absolute Gasteiger partial charge is 0.0629 e. The standard InChI is InChI=1S/C6H7P/c7-6-4-2-1-3-5-6/h1-5H,7H2/i1D,2D,3D,4D,5D,7D2. The Hall–Kier alpha value is -0.350. The fourth-order valence-electron chi connectivity index (χ4n) is 0.243. The average molecular weight is 117 g/mol. The van der Waals surface area contributed by atoms with Crippen LogP contribution in [-0.2, 0) is 0 Å². The third kappa shape index (κ3) is 1.29. The first-order valence-electron chi connectivity index (χ1n) is 5.12. The molecule has 0 unspecified atom stereocenters. The van der Waals surface area contributed by atoms with Crippen molar-refractivity contribution in [3.05, 3.63) is 30.2 Å². The van der Waals surface area contributed by atoms with E-state index < -0.39 is 39.3 Å². The minimum absolute atomic E-state index is 0.217. The molecular weight excluding hydrogens is 103 g/mol. The Morgan fingerprint density at radius 2 is 2.14 bits per heavy atom. The van der Waals surface area contributed by atoms with Crippen LogP contribution >= 0.6 is 9.13 Å². The van der Waals surface area contributed by atoms with Crippen LogP contribution in [-0.4, -0.2) is 2.56 Å². The zero-order valence-corrected chi connectivity index (χ0v) is 4.34. The molecule has 0 fully saturated rings. The summed E-state index contributed by atoms with van der Waals surface area (Å²) < 4.78 is 50.8. The van der Waals surface area contributed by atoms with Gasteiger partial charge in [-0.2, -0.15) is 0 Å². The summed E-state index contributed by atoms with van der Waals surface area (Å²) in [5.74, 6) is 0. The van der Waals surface area contributed by atoms with Crippen LogP contribution in [0, 0.1) is 0 Å². The predicted octanol–water partition coefficient (Wildman–Crippen LogP) is 1.19. The van der Waals surface area contributed by atoms with Crippen molar-refractivity contribution in [1.29, 1.82) is 2.56 Å². The lowest BCUT2D eigenvalue weighted by Gasteiger charge is -1.82. The molecule has 0 amide bonds. The van der Waals surface area contributed by atoms with Gasteiger partial charge in [-0.3, -0.25) is 0 Å². The van der Waals surface area contributed by atoms with Gasteiger partial charge in [-0.15, -0.1) is 9.13 Å². The summed E-state index contributed by atoms with van der Waals surface area (Å²) in [5, 5.41) is -0.217. The quantitative estimate of drug-likeness (QED) is 0.484. The van der Waals surface area contributed by atoms with Crippen molar-refractivity contribution in [2.75, 3.05) is 0 Å². The molecule has 0 spiro atoms. The normalized spacial score (nSPS) is 23.3. The van der Waals surface area contributed by atoms with E-state index in [4.69, 9.17) is 9.41 Å². The van der Waals surface area contributed by atoms with Crippen molar-refractivity contribution in [2.45, 2.75) is 0 Å². The van der Waals surface area contributed by atoms with Crippen LogP contribution in [0.25, 0.3) is 0 Å². The zero-order chi connectivity index (χ0) is 11.0. The molecule has 0 aromatic heterocycles. The van der Waals surface area contributed by atoms with Crippen molar-refractivity contribution in [3.63, 3.8) is 0 Å². The van der Waals surface area contributed by atoms with Gasteiger partial charge < -0.3 is 0 Å². The highest BCUT2D eigenvalue weighted by Gasteiger charge is 1.72. The number of benzene rings is 1. The lowest BCUT2D eigenvalue weighted by molar-refractivity contribution is 1.78. The molecule has 36 valence electrons. The molecule has 0 saturated heterocycles. The van der Waals surface area contributed by atoms with Crippen molar-refractivity contribution in [1.82, 2.24) is 0 Å². The highest BCUT2D eigenvalue weighted by Crippen LogP contribution is 1.86. The summed E-state index contributed by atoms with van der Waals surface area (Å²) in [6.07, 6.45) is 0. The highest BCUT2D eigenvalue weighted by atomic mass is 31.0. The minimum atomic E-state index is -2.18.